The molecule has 0 aromatic carbocycles. The first kappa shape index (κ1) is 15.5. The van der Waals surface area contributed by atoms with Crippen LogP contribution in [0.15, 0.2) is 0 Å². The van der Waals surface area contributed by atoms with E-state index in [-0.39, 0.29) is 11.8 Å². The normalized spacial score (nSPS) is 23.1. The van der Waals surface area contributed by atoms with Gasteiger partial charge in [0.25, 0.3) is 0 Å². The quantitative estimate of drug-likeness (QED) is 0.760. The molecule has 0 bridgehead atoms. The number of nitrogens with zero attached hydrogens (tertiary/aromatic N) is 1. The van der Waals surface area contributed by atoms with Crippen LogP contribution in [-0.2, 0) is 9.59 Å². The van der Waals surface area contributed by atoms with Crippen LogP contribution in [0.3, 0.4) is 0 Å². The van der Waals surface area contributed by atoms with Gasteiger partial charge in [0.05, 0.1) is 0 Å². The Bertz CT molecular complexity index is 319. The lowest BCUT2D eigenvalue weighted by Crippen LogP contribution is -2.49. The summed E-state index contributed by atoms with van der Waals surface area (Å²) < 4.78 is 0. The number of nitrogens with one attached hydrogen (secondary N) is 1. The van der Waals surface area contributed by atoms with E-state index in [1.807, 2.05) is 0 Å². The van der Waals surface area contributed by atoms with Crippen LogP contribution in [-0.4, -0.2) is 35.8 Å². The zero-order chi connectivity index (χ0) is 14.4. The van der Waals surface area contributed by atoms with Crippen molar-refractivity contribution in [1.29, 1.82) is 0 Å². The molecule has 1 heterocycles. The number of amides is 2. The lowest BCUT2D eigenvalue weighted by Gasteiger charge is -2.30. The summed E-state index contributed by atoms with van der Waals surface area (Å²) in [6.45, 7) is 3.71. The fraction of sp³-hybridized carbons (Fsp3) is 0.875. The largest absolute Gasteiger partial charge is 0.312 e. The van der Waals surface area contributed by atoms with E-state index in [0.29, 0.717) is 31.3 Å². The summed E-state index contributed by atoms with van der Waals surface area (Å²) in [5.41, 5.74) is 0. The molecule has 1 atom stereocenters. The van der Waals surface area contributed by atoms with Crippen molar-refractivity contribution < 1.29 is 9.59 Å². The molecule has 0 spiro atoms. The minimum absolute atomic E-state index is 0.0359. The molecule has 114 valence electrons. The van der Waals surface area contributed by atoms with Gasteiger partial charge in [-0.2, -0.15) is 0 Å². The molecule has 0 radical (unpaired) electrons. The second-order valence-corrected chi connectivity index (χ2v) is 6.21. The van der Waals surface area contributed by atoms with Crippen molar-refractivity contribution in [2.75, 3.05) is 13.1 Å². The maximum absolute atomic E-state index is 12.1. The maximum Gasteiger partial charge on any atom is 0.229 e. The summed E-state index contributed by atoms with van der Waals surface area (Å²) in [5, 5.41) is 3.57. The summed E-state index contributed by atoms with van der Waals surface area (Å²) in [6, 6.07) is 0.295. The number of carbonyl (C=O) groups is 2. The Morgan fingerprint density at radius 1 is 1.10 bits per heavy atom. The van der Waals surface area contributed by atoms with Crippen molar-refractivity contribution in [3.8, 4) is 0 Å². The highest BCUT2D eigenvalue weighted by Crippen LogP contribution is 2.28. The van der Waals surface area contributed by atoms with Gasteiger partial charge in [-0.15, -0.1) is 0 Å². The average molecular weight is 280 g/mol. The van der Waals surface area contributed by atoms with E-state index < -0.39 is 0 Å². The molecular formula is C16H28N2O2. The van der Waals surface area contributed by atoms with Gasteiger partial charge in [-0.25, -0.2) is 0 Å². The molecule has 1 N–H and O–H groups in total. The van der Waals surface area contributed by atoms with Crippen molar-refractivity contribution in [3.63, 3.8) is 0 Å². The number of carbonyl (C=O) groups excluding carboxylic acids is 2. The molecule has 1 aliphatic carbocycles. The van der Waals surface area contributed by atoms with E-state index in [0.717, 1.165) is 25.8 Å². The van der Waals surface area contributed by atoms with Crippen molar-refractivity contribution in [2.45, 2.75) is 70.8 Å². The SMILES string of the molecule is CCCNC(CN1C(=O)CCCCC1=O)C1CCCC1. The van der Waals surface area contributed by atoms with Gasteiger partial charge in [0.2, 0.25) is 11.8 Å². The van der Waals surface area contributed by atoms with Gasteiger partial charge in [0, 0.05) is 25.4 Å². The molecule has 2 rings (SSSR count). The molecule has 2 amide bonds. The lowest BCUT2D eigenvalue weighted by molar-refractivity contribution is -0.144. The van der Waals surface area contributed by atoms with E-state index in [4.69, 9.17) is 0 Å². The van der Waals surface area contributed by atoms with Crippen LogP contribution >= 0.6 is 0 Å². The molecule has 2 fully saturated rings. The number of likely N-dealkylation sites (tertiary alicyclic amines) is 1. The van der Waals surface area contributed by atoms with Crippen LogP contribution in [0, 0.1) is 5.92 Å². The first-order valence-electron chi connectivity index (χ1n) is 8.29. The Kier molecular flexibility index (Phi) is 6.02. The smallest absolute Gasteiger partial charge is 0.229 e. The second kappa shape index (κ2) is 7.77. The van der Waals surface area contributed by atoms with E-state index in [1.54, 1.807) is 4.90 Å². The Hall–Kier alpha value is -0.900. The van der Waals surface area contributed by atoms with Gasteiger partial charge >= 0.3 is 0 Å². The Morgan fingerprint density at radius 3 is 2.25 bits per heavy atom. The summed E-state index contributed by atoms with van der Waals surface area (Å²) in [4.78, 5) is 25.8. The Morgan fingerprint density at radius 2 is 1.70 bits per heavy atom. The minimum atomic E-state index is 0.0359. The molecule has 4 nitrogen and oxygen atoms in total. The number of hydrogen-bond acceptors (Lipinski definition) is 3. The zero-order valence-electron chi connectivity index (χ0n) is 12.7. The summed E-state index contributed by atoms with van der Waals surface area (Å²) >= 11 is 0. The molecule has 2 aliphatic rings. The third kappa shape index (κ3) is 4.05. The summed E-state index contributed by atoms with van der Waals surface area (Å²) in [5.74, 6) is 0.702. The maximum atomic E-state index is 12.1. The van der Waals surface area contributed by atoms with Gasteiger partial charge < -0.3 is 5.32 Å². The topological polar surface area (TPSA) is 49.4 Å². The fourth-order valence-corrected chi connectivity index (χ4v) is 3.43. The van der Waals surface area contributed by atoms with Gasteiger partial charge in [0.1, 0.15) is 0 Å². The van der Waals surface area contributed by atoms with Crippen LogP contribution in [0.2, 0.25) is 0 Å². The van der Waals surface area contributed by atoms with Crippen molar-refractivity contribution in [1.82, 2.24) is 10.2 Å². The Balaban J connectivity index is 2.00. The molecule has 0 aromatic heterocycles. The fourth-order valence-electron chi connectivity index (χ4n) is 3.43. The molecule has 0 aromatic rings. The standard InChI is InChI=1S/C16H28N2O2/c1-2-11-17-14(13-7-3-4-8-13)12-18-15(19)9-5-6-10-16(18)20/h13-14,17H,2-12H2,1H3. The van der Waals surface area contributed by atoms with Crippen LogP contribution in [0.1, 0.15) is 64.7 Å². The highest BCUT2D eigenvalue weighted by molar-refractivity contribution is 5.96. The van der Waals surface area contributed by atoms with Crippen LogP contribution in [0.25, 0.3) is 0 Å². The third-order valence-electron chi connectivity index (χ3n) is 4.64. The highest BCUT2D eigenvalue weighted by Gasteiger charge is 2.31. The van der Waals surface area contributed by atoms with Crippen molar-refractivity contribution >= 4 is 11.8 Å². The molecule has 4 heteroatoms. The van der Waals surface area contributed by atoms with Gasteiger partial charge in [0.15, 0.2) is 0 Å². The van der Waals surface area contributed by atoms with Gasteiger partial charge in [-0.05, 0) is 44.6 Å². The number of imide groups is 1. The Labute approximate surface area is 122 Å². The summed E-state index contributed by atoms with van der Waals surface area (Å²) in [6.07, 6.45) is 8.93. The predicted octanol–water partition coefficient (Wildman–Crippen LogP) is 2.47. The number of hydrogen-bond donors (Lipinski definition) is 1. The predicted molar refractivity (Wildman–Crippen MR) is 79.2 cm³/mol. The van der Waals surface area contributed by atoms with E-state index >= 15 is 0 Å². The highest BCUT2D eigenvalue weighted by atomic mass is 16.2. The first-order valence-corrected chi connectivity index (χ1v) is 8.29. The van der Waals surface area contributed by atoms with Crippen molar-refractivity contribution in [2.24, 2.45) is 5.92 Å². The molecule has 1 saturated heterocycles. The van der Waals surface area contributed by atoms with Crippen LogP contribution in [0.5, 0.6) is 0 Å². The van der Waals surface area contributed by atoms with E-state index in [9.17, 15) is 9.59 Å². The second-order valence-electron chi connectivity index (χ2n) is 6.21. The molecule has 1 unspecified atom stereocenters. The number of rotatable bonds is 6. The first-order chi connectivity index (χ1) is 9.72. The monoisotopic (exact) mass is 280 g/mol. The summed E-state index contributed by atoms with van der Waals surface area (Å²) in [7, 11) is 0. The zero-order valence-corrected chi connectivity index (χ0v) is 12.7. The molecule has 20 heavy (non-hydrogen) atoms. The van der Waals surface area contributed by atoms with Crippen LogP contribution < -0.4 is 5.32 Å². The van der Waals surface area contributed by atoms with E-state index in [2.05, 4.69) is 12.2 Å². The molecule has 1 aliphatic heterocycles. The molecule has 1 saturated carbocycles. The third-order valence-corrected chi connectivity index (χ3v) is 4.64. The van der Waals surface area contributed by atoms with E-state index in [1.165, 1.54) is 25.7 Å². The minimum Gasteiger partial charge on any atom is -0.312 e. The van der Waals surface area contributed by atoms with Crippen LogP contribution in [0.4, 0.5) is 0 Å². The van der Waals surface area contributed by atoms with Gasteiger partial charge in [-0.3, -0.25) is 14.5 Å². The average Bonchev–Trinajstić information content (AvgIpc) is 2.92. The molecular weight excluding hydrogens is 252 g/mol. The van der Waals surface area contributed by atoms with Gasteiger partial charge in [-0.1, -0.05) is 19.8 Å². The van der Waals surface area contributed by atoms with Crippen molar-refractivity contribution in [3.05, 3.63) is 0 Å². The lowest BCUT2D eigenvalue weighted by atomic mass is 9.97.